The number of carbonyl (C=O) groups is 2. The molecule has 5 nitrogen and oxygen atoms in total. The van der Waals surface area contributed by atoms with Crippen LogP contribution in [0.5, 0.6) is 0 Å². The van der Waals surface area contributed by atoms with Crippen LogP contribution in [0.25, 0.3) is 0 Å². The number of rotatable bonds is 54. The summed E-state index contributed by atoms with van der Waals surface area (Å²) in [7, 11) is 0. The van der Waals surface area contributed by atoms with E-state index < -0.39 is 6.10 Å². The number of carbonyl (C=O) groups excluding carboxylic acids is 2. The Morgan fingerprint density at radius 3 is 1.06 bits per heavy atom. The summed E-state index contributed by atoms with van der Waals surface area (Å²) in [6.45, 7) is 7.82. The summed E-state index contributed by atoms with van der Waals surface area (Å²) >= 11 is 0. The molecule has 0 amide bonds. The smallest absolute Gasteiger partial charge is 0.306 e. The van der Waals surface area contributed by atoms with Crippen molar-refractivity contribution in [1.29, 1.82) is 0 Å². The van der Waals surface area contributed by atoms with Crippen molar-refractivity contribution in [2.24, 2.45) is 0 Å². The Morgan fingerprint density at radius 2 is 0.636 bits per heavy atom. The van der Waals surface area contributed by atoms with Gasteiger partial charge in [0.15, 0.2) is 6.10 Å². The molecule has 0 aromatic rings. The van der Waals surface area contributed by atoms with Gasteiger partial charge in [-0.25, -0.2) is 0 Å². The first-order valence-corrected chi connectivity index (χ1v) is 29.2. The molecule has 1 unspecified atom stereocenters. The van der Waals surface area contributed by atoms with Gasteiger partial charge in [-0.2, -0.15) is 0 Å². The van der Waals surface area contributed by atoms with Gasteiger partial charge in [0, 0.05) is 19.4 Å². The van der Waals surface area contributed by atoms with Gasteiger partial charge in [0.2, 0.25) is 0 Å². The van der Waals surface area contributed by atoms with E-state index in [1.165, 1.54) is 205 Å². The van der Waals surface area contributed by atoms with Gasteiger partial charge in [0.1, 0.15) is 6.61 Å². The summed E-state index contributed by atoms with van der Waals surface area (Å²) < 4.78 is 17.5. The zero-order valence-electron chi connectivity index (χ0n) is 44.5. The number of hydrogen-bond donors (Lipinski definition) is 0. The van der Waals surface area contributed by atoms with Gasteiger partial charge < -0.3 is 14.2 Å². The van der Waals surface area contributed by atoms with Crippen LogP contribution in [0.4, 0.5) is 0 Å². The van der Waals surface area contributed by atoms with E-state index in [1.54, 1.807) is 0 Å². The highest BCUT2D eigenvalue weighted by Gasteiger charge is 2.17. The second-order valence-electron chi connectivity index (χ2n) is 19.5. The standard InChI is InChI=1S/C61H112O5/c1-4-7-10-13-16-19-22-25-28-30-31-32-34-36-39-42-45-48-51-54-60(62)65-58-59(57-64-56-53-50-47-44-41-38-35-29-26-23-20-17-14-11-8-5-2)66-61(63)55-52-49-46-43-40-37-33-27-24-21-18-15-12-9-6-3/h16,19,25-26,28-29,31-32,59H,4-15,17-18,20-24,27,30,33-58H2,1-3H3/b19-16-,28-25-,29-26-,32-31-. The van der Waals surface area contributed by atoms with Gasteiger partial charge in [0.05, 0.1) is 6.61 Å². The van der Waals surface area contributed by atoms with E-state index in [1.807, 2.05) is 0 Å². The van der Waals surface area contributed by atoms with E-state index >= 15 is 0 Å². The molecule has 0 aliphatic rings. The van der Waals surface area contributed by atoms with Gasteiger partial charge in [-0.1, -0.05) is 256 Å². The van der Waals surface area contributed by atoms with Crippen LogP contribution < -0.4 is 0 Å². The average molecular weight is 926 g/mol. The minimum absolute atomic E-state index is 0.0797. The second-order valence-corrected chi connectivity index (χ2v) is 19.5. The number of unbranched alkanes of at least 4 members (excludes halogenated alkanes) is 35. The highest BCUT2D eigenvalue weighted by atomic mass is 16.6. The molecule has 0 aromatic heterocycles. The Labute approximate surface area is 412 Å². The maximum absolute atomic E-state index is 12.9. The predicted molar refractivity (Wildman–Crippen MR) is 288 cm³/mol. The molecule has 0 bridgehead atoms. The first-order valence-electron chi connectivity index (χ1n) is 29.2. The third-order valence-corrected chi connectivity index (χ3v) is 12.8. The van der Waals surface area contributed by atoms with E-state index in [0.717, 1.165) is 64.2 Å². The molecule has 1 atom stereocenters. The fraction of sp³-hybridized carbons (Fsp3) is 0.836. The Balaban J connectivity index is 4.27. The molecule has 0 radical (unpaired) electrons. The summed E-state index contributed by atoms with van der Waals surface area (Å²) in [4.78, 5) is 25.5. The SMILES string of the molecule is CCCCC/C=C\C/C=C\C/C=C\CCCCCCCCC(=O)OCC(COCCCCCCCC/C=C\CCCCCCCC)OC(=O)CCCCCCCCCCCCCCCCC. The lowest BCUT2D eigenvalue weighted by Crippen LogP contribution is -2.30. The molecule has 0 saturated carbocycles. The van der Waals surface area contributed by atoms with E-state index in [0.29, 0.717) is 19.4 Å². The third kappa shape index (κ3) is 54.5. The zero-order valence-corrected chi connectivity index (χ0v) is 44.5. The molecule has 0 fully saturated rings. The Morgan fingerprint density at radius 1 is 0.333 bits per heavy atom. The Kier molecular flexibility index (Phi) is 55.3. The van der Waals surface area contributed by atoms with Crippen LogP contribution in [-0.2, 0) is 23.8 Å². The first-order chi connectivity index (χ1) is 32.6. The number of hydrogen-bond acceptors (Lipinski definition) is 5. The van der Waals surface area contributed by atoms with Crippen LogP contribution in [0.15, 0.2) is 48.6 Å². The summed E-state index contributed by atoms with van der Waals surface area (Å²) in [6, 6.07) is 0. The molecule has 66 heavy (non-hydrogen) atoms. The summed E-state index contributed by atoms with van der Waals surface area (Å²) in [5.41, 5.74) is 0. The van der Waals surface area contributed by atoms with Crippen LogP contribution in [0.2, 0.25) is 0 Å². The summed E-state index contributed by atoms with van der Waals surface area (Å²) in [5, 5.41) is 0. The van der Waals surface area contributed by atoms with Crippen LogP contribution in [0.1, 0.15) is 303 Å². The third-order valence-electron chi connectivity index (χ3n) is 12.8. The van der Waals surface area contributed by atoms with Gasteiger partial charge in [0.25, 0.3) is 0 Å². The van der Waals surface area contributed by atoms with Gasteiger partial charge >= 0.3 is 11.9 Å². The largest absolute Gasteiger partial charge is 0.462 e. The van der Waals surface area contributed by atoms with E-state index in [9.17, 15) is 9.59 Å². The fourth-order valence-electron chi connectivity index (χ4n) is 8.45. The van der Waals surface area contributed by atoms with E-state index in [-0.39, 0.29) is 25.2 Å². The van der Waals surface area contributed by atoms with Crippen molar-refractivity contribution in [2.75, 3.05) is 19.8 Å². The molecule has 0 N–H and O–H groups in total. The average Bonchev–Trinajstić information content (AvgIpc) is 3.32. The second kappa shape index (κ2) is 57.2. The van der Waals surface area contributed by atoms with Gasteiger partial charge in [-0.3, -0.25) is 9.59 Å². The molecule has 0 rings (SSSR count). The maximum Gasteiger partial charge on any atom is 0.306 e. The summed E-state index contributed by atoms with van der Waals surface area (Å²) in [6.07, 6.45) is 71.2. The molecular formula is C61H112O5. The van der Waals surface area contributed by atoms with Crippen LogP contribution in [0.3, 0.4) is 0 Å². The topological polar surface area (TPSA) is 61.8 Å². The fourth-order valence-corrected chi connectivity index (χ4v) is 8.45. The lowest BCUT2D eigenvalue weighted by molar-refractivity contribution is -0.163. The lowest BCUT2D eigenvalue weighted by Gasteiger charge is -2.18. The van der Waals surface area contributed by atoms with Gasteiger partial charge in [-0.05, 0) is 83.5 Å². The van der Waals surface area contributed by atoms with Crippen molar-refractivity contribution in [3.8, 4) is 0 Å². The molecule has 0 aromatic carbocycles. The quantitative estimate of drug-likeness (QED) is 0.0345. The molecule has 0 aliphatic carbocycles. The molecule has 0 saturated heterocycles. The number of ether oxygens (including phenoxy) is 3. The van der Waals surface area contributed by atoms with Crippen molar-refractivity contribution in [2.45, 2.75) is 309 Å². The van der Waals surface area contributed by atoms with Crippen LogP contribution in [0, 0.1) is 0 Å². The maximum atomic E-state index is 12.9. The van der Waals surface area contributed by atoms with Crippen molar-refractivity contribution < 1.29 is 23.8 Å². The lowest BCUT2D eigenvalue weighted by atomic mass is 10.0. The minimum atomic E-state index is -0.542. The number of esters is 2. The monoisotopic (exact) mass is 925 g/mol. The normalized spacial score (nSPS) is 12.5. The molecule has 0 heterocycles. The molecule has 5 heteroatoms. The summed E-state index contributed by atoms with van der Waals surface area (Å²) in [5.74, 6) is -0.399. The molecule has 0 aliphatic heterocycles. The highest BCUT2D eigenvalue weighted by Crippen LogP contribution is 2.16. The van der Waals surface area contributed by atoms with Crippen molar-refractivity contribution in [3.63, 3.8) is 0 Å². The predicted octanol–water partition coefficient (Wildman–Crippen LogP) is 19.9. The molecule has 0 spiro atoms. The number of allylic oxidation sites excluding steroid dienone is 8. The van der Waals surface area contributed by atoms with Crippen molar-refractivity contribution >= 4 is 11.9 Å². The Bertz CT molecular complexity index is 1090. The van der Waals surface area contributed by atoms with E-state index in [4.69, 9.17) is 14.2 Å². The Hall–Kier alpha value is -2.14. The van der Waals surface area contributed by atoms with Crippen molar-refractivity contribution in [1.82, 2.24) is 0 Å². The van der Waals surface area contributed by atoms with Crippen LogP contribution in [-0.4, -0.2) is 37.9 Å². The molecule has 386 valence electrons. The van der Waals surface area contributed by atoms with Crippen LogP contribution >= 0.6 is 0 Å². The van der Waals surface area contributed by atoms with Crippen molar-refractivity contribution in [3.05, 3.63) is 48.6 Å². The highest BCUT2D eigenvalue weighted by molar-refractivity contribution is 5.70. The minimum Gasteiger partial charge on any atom is -0.462 e. The van der Waals surface area contributed by atoms with E-state index in [2.05, 4.69) is 69.4 Å². The zero-order chi connectivity index (χ0) is 47.7. The van der Waals surface area contributed by atoms with Gasteiger partial charge in [-0.15, -0.1) is 0 Å². The first kappa shape index (κ1) is 63.9. The molecular weight excluding hydrogens is 813 g/mol.